The fourth-order valence-electron chi connectivity index (χ4n) is 6.05. The minimum Gasteiger partial charge on any atom is -0.0654 e. The number of unbranched alkanes of at least 4 members (excludes halogenated alkanes) is 6. The molecule has 0 aromatic heterocycles. The maximum atomic E-state index is 2.63. The van der Waals surface area contributed by atoms with E-state index in [1.54, 1.807) is 44.5 Å². The van der Waals surface area contributed by atoms with Gasteiger partial charge in [-0.25, -0.2) is 0 Å². The molecule has 0 saturated carbocycles. The molecular weight excluding hydrogens is 456 g/mol. The zero-order valence-electron chi connectivity index (χ0n) is 26.6. The van der Waals surface area contributed by atoms with E-state index in [1.807, 2.05) is 0 Å². The molecule has 0 amide bonds. The second kappa shape index (κ2) is 18.7. The van der Waals surface area contributed by atoms with Gasteiger partial charge in [-0.1, -0.05) is 111 Å². The van der Waals surface area contributed by atoms with E-state index in [9.17, 15) is 0 Å². The molecule has 0 unspecified atom stereocenters. The van der Waals surface area contributed by atoms with E-state index in [0.29, 0.717) is 5.92 Å². The van der Waals surface area contributed by atoms with Gasteiger partial charge in [-0.05, 0) is 122 Å². The van der Waals surface area contributed by atoms with Crippen molar-refractivity contribution in [3.8, 4) is 0 Å². The maximum absolute atomic E-state index is 2.63. The Morgan fingerprint density at radius 2 is 0.632 bits per heavy atom. The van der Waals surface area contributed by atoms with Gasteiger partial charge in [-0.3, -0.25) is 0 Å². The Morgan fingerprint density at radius 1 is 0.395 bits per heavy atom. The first-order valence-electron chi connectivity index (χ1n) is 16.8. The zero-order valence-corrected chi connectivity index (χ0v) is 26.6. The molecule has 38 heavy (non-hydrogen) atoms. The molecule has 0 aliphatic heterocycles. The highest BCUT2D eigenvalue weighted by atomic mass is 14.2. The number of hydrogen-bond donors (Lipinski definition) is 0. The fourth-order valence-corrected chi connectivity index (χ4v) is 6.05. The van der Waals surface area contributed by atoms with Crippen LogP contribution in [0.25, 0.3) is 0 Å². The number of hydrogen-bond acceptors (Lipinski definition) is 0. The lowest BCUT2D eigenvalue weighted by molar-refractivity contribution is 0.726. The van der Waals surface area contributed by atoms with Crippen LogP contribution in [0.2, 0.25) is 0 Å². The summed E-state index contributed by atoms with van der Waals surface area (Å²) in [4.78, 5) is 0. The minimum absolute atomic E-state index is 0.456. The van der Waals surface area contributed by atoms with Crippen molar-refractivity contribution in [3.05, 3.63) is 68.8 Å². The van der Waals surface area contributed by atoms with Crippen LogP contribution in [0, 0.1) is 0 Å². The topological polar surface area (TPSA) is 0 Å². The summed E-state index contributed by atoms with van der Waals surface area (Å²) in [6.07, 6.45) is 23.0. The van der Waals surface area contributed by atoms with E-state index in [2.05, 4.69) is 72.7 Å². The predicted octanol–water partition coefficient (Wildman–Crippen LogP) is 11.9. The van der Waals surface area contributed by atoms with Crippen LogP contribution in [-0.2, 0) is 38.5 Å². The number of benzene rings is 2. The van der Waals surface area contributed by atoms with Gasteiger partial charge in [0.25, 0.3) is 0 Å². The van der Waals surface area contributed by atoms with Crippen LogP contribution in [0.3, 0.4) is 0 Å². The summed E-state index contributed by atoms with van der Waals surface area (Å²) in [5, 5.41) is 0. The largest absolute Gasteiger partial charge is 0.0654 e. The highest BCUT2D eigenvalue weighted by molar-refractivity contribution is 5.47. The van der Waals surface area contributed by atoms with Crippen molar-refractivity contribution >= 4 is 0 Å². The lowest BCUT2D eigenvalue weighted by Gasteiger charge is -2.23. The van der Waals surface area contributed by atoms with Gasteiger partial charge in [-0.2, -0.15) is 0 Å². The summed E-state index contributed by atoms with van der Waals surface area (Å²) in [7, 11) is 0. The molecule has 0 heteroatoms. The van der Waals surface area contributed by atoms with Gasteiger partial charge in [0.15, 0.2) is 0 Å². The van der Waals surface area contributed by atoms with Gasteiger partial charge in [0.2, 0.25) is 0 Å². The monoisotopic (exact) mass is 518 g/mol. The second-order valence-corrected chi connectivity index (χ2v) is 12.0. The average Bonchev–Trinajstić information content (AvgIpc) is 2.94. The fraction of sp³-hybridized carbons (Fsp3) is 0.684. The van der Waals surface area contributed by atoms with Crippen LogP contribution in [0.15, 0.2) is 24.3 Å². The van der Waals surface area contributed by atoms with Crippen LogP contribution >= 0.6 is 0 Å². The normalized spacial score (nSPS) is 11.6. The van der Waals surface area contributed by atoms with Crippen LogP contribution in [0.4, 0.5) is 0 Å². The first-order chi connectivity index (χ1) is 18.5. The van der Waals surface area contributed by atoms with E-state index < -0.39 is 0 Å². The summed E-state index contributed by atoms with van der Waals surface area (Å²) >= 11 is 0. The first-order valence-corrected chi connectivity index (χ1v) is 16.8. The number of aryl methyl sites for hydroxylation is 4. The molecule has 0 atom stereocenters. The third-order valence-electron chi connectivity index (χ3n) is 8.67. The Balaban J connectivity index is 2.61. The van der Waals surface area contributed by atoms with Gasteiger partial charge in [0.05, 0.1) is 0 Å². The number of rotatable bonds is 20. The average molecular weight is 519 g/mol. The molecular formula is C38H62. The van der Waals surface area contributed by atoms with Crippen molar-refractivity contribution in [2.24, 2.45) is 0 Å². The highest BCUT2D eigenvalue weighted by Crippen LogP contribution is 2.34. The van der Waals surface area contributed by atoms with Crippen LogP contribution < -0.4 is 0 Å². The third-order valence-corrected chi connectivity index (χ3v) is 8.67. The summed E-state index contributed by atoms with van der Waals surface area (Å²) in [6, 6.07) is 10.5. The molecule has 0 radical (unpaired) electrons. The Labute approximate surface area is 238 Å². The van der Waals surface area contributed by atoms with Crippen LogP contribution in [-0.4, -0.2) is 0 Å². The van der Waals surface area contributed by atoms with Gasteiger partial charge < -0.3 is 0 Å². The Bertz CT molecular complexity index is 784. The SMILES string of the molecule is CCCCc1cc(C(C)c2cc(CCCC)c(CCCC)c(CCCC)c2)cc(CCCC)c1CCCC. The molecule has 0 aliphatic carbocycles. The Hall–Kier alpha value is -1.56. The van der Waals surface area contributed by atoms with E-state index in [0.717, 1.165) is 0 Å². The van der Waals surface area contributed by atoms with Crippen molar-refractivity contribution in [2.45, 2.75) is 170 Å². The first kappa shape index (κ1) is 32.7. The molecule has 2 aromatic carbocycles. The molecule has 214 valence electrons. The predicted molar refractivity (Wildman–Crippen MR) is 172 cm³/mol. The quantitative estimate of drug-likeness (QED) is 0.163. The molecule has 0 bridgehead atoms. The zero-order chi connectivity index (χ0) is 27.8. The summed E-state index contributed by atoms with van der Waals surface area (Å²) in [5.41, 5.74) is 13.2. The van der Waals surface area contributed by atoms with Crippen molar-refractivity contribution in [3.63, 3.8) is 0 Å². The van der Waals surface area contributed by atoms with E-state index in [1.165, 1.54) is 116 Å². The van der Waals surface area contributed by atoms with E-state index >= 15 is 0 Å². The van der Waals surface area contributed by atoms with E-state index in [-0.39, 0.29) is 0 Å². The Kier molecular flexibility index (Phi) is 16.0. The van der Waals surface area contributed by atoms with Gasteiger partial charge in [0, 0.05) is 5.92 Å². The van der Waals surface area contributed by atoms with Crippen molar-refractivity contribution in [1.82, 2.24) is 0 Å². The van der Waals surface area contributed by atoms with Crippen molar-refractivity contribution in [2.75, 3.05) is 0 Å². The molecule has 2 aromatic rings. The van der Waals surface area contributed by atoms with Gasteiger partial charge >= 0.3 is 0 Å². The van der Waals surface area contributed by atoms with Gasteiger partial charge in [-0.15, -0.1) is 0 Å². The van der Waals surface area contributed by atoms with Crippen molar-refractivity contribution in [1.29, 1.82) is 0 Å². The minimum atomic E-state index is 0.456. The molecule has 0 nitrogen and oxygen atoms in total. The summed E-state index contributed by atoms with van der Waals surface area (Å²) in [6.45, 7) is 16.5. The molecule has 2 rings (SSSR count). The summed E-state index contributed by atoms with van der Waals surface area (Å²) in [5.74, 6) is 0.456. The molecule has 0 aliphatic rings. The van der Waals surface area contributed by atoms with Gasteiger partial charge in [0.1, 0.15) is 0 Å². The highest BCUT2D eigenvalue weighted by Gasteiger charge is 2.18. The maximum Gasteiger partial charge on any atom is 0.00614 e. The smallest absolute Gasteiger partial charge is 0.00614 e. The lowest BCUT2D eigenvalue weighted by Crippen LogP contribution is -2.09. The van der Waals surface area contributed by atoms with Crippen molar-refractivity contribution < 1.29 is 0 Å². The third kappa shape index (κ3) is 9.88. The Morgan fingerprint density at radius 3 is 0.868 bits per heavy atom. The van der Waals surface area contributed by atoms with Crippen LogP contribution in [0.1, 0.15) is 176 Å². The van der Waals surface area contributed by atoms with E-state index in [4.69, 9.17) is 0 Å². The lowest BCUT2D eigenvalue weighted by atomic mass is 9.81. The molecule has 0 spiro atoms. The molecule has 0 fully saturated rings. The molecule has 0 heterocycles. The summed E-state index contributed by atoms with van der Waals surface area (Å²) < 4.78 is 0. The standard InChI is InChI=1S/C38H62/c1-8-14-20-31-26-35(27-32(21-15-9-2)37(31)24-18-12-5)30(7)36-28-33(22-16-10-3)38(25-19-13-6)34(29-36)23-17-11-4/h26-30H,8-25H2,1-7H3. The second-order valence-electron chi connectivity index (χ2n) is 12.0. The molecule has 0 saturated heterocycles. The van der Waals surface area contributed by atoms with Crippen LogP contribution in [0.5, 0.6) is 0 Å². The molecule has 0 N–H and O–H groups in total.